The molecule has 0 aliphatic carbocycles. The molecular weight excluding hydrogens is 286 g/mol. The molecule has 0 heterocycles. The number of aromatic carboxylic acids is 1. The Morgan fingerprint density at radius 1 is 1.35 bits per heavy atom. The lowest BCUT2D eigenvalue weighted by atomic mass is 10.2. The van der Waals surface area contributed by atoms with Gasteiger partial charge in [0.1, 0.15) is 11.3 Å². The summed E-state index contributed by atoms with van der Waals surface area (Å²) in [6, 6.07) is 3.11. The van der Waals surface area contributed by atoms with Crippen LogP contribution in [-0.4, -0.2) is 53.7 Å². The van der Waals surface area contributed by atoms with Gasteiger partial charge in [0.05, 0.1) is 4.90 Å². The highest BCUT2D eigenvalue weighted by Gasteiger charge is 2.24. The number of carboxylic acid groups (broad SMARTS) is 1. The molecule has 0 aliphatic heterocycles. The first-order chi connectivity index (χ1) is 9.34. The lowest BCUT2D eigenvalue weighted by Crippen LogP contribution is -2.32. The molecule has 0 spiro atoms. The van der Waals surface area contributed by atoms with Gasteiger partial charge in [-0.25, -0.2) is 13.2 Å². The highest BCUT2D eigenvalue weighted by atomic mass is 32.2. The number of carboxylic acids is 1. The third-order valence-corrected chi connectivity index (χ3v) is 4.72. The number of sulfonamides is 1. The van der Waals surface area contributed by atoms with E-state index in [1.807, 2.05) is 0 Å². The van der Waals surface area contributed by atoms with Crippen molar-refractivity contribution in [1.82, 2.24) is 4.31 Å². The van der Waals surface area contributed by atoms with Crippen molar-refractivity contribution < 1.29 is 28.5 Å². The molecular formula is C12H17NO6S. The summed E-state index contributed by atoms with van der Waals surface area (Å²) >= 11 is 0. The minimum absolute atomic E-state index is 0.137. The smallest absolute Gasteiger partial charge is 0.339 e. The summed E-state index contributed by atoms with van der Waals surface area (Å²) in [4.78, 5) is 10.7. The van der Waals surface area contributed by atoms with E-state index in [4.69, 9.17) is 10.2 Å². The Balaban J connectivity index is 3.20. The van der Waals surface area contributed by atoms with Gasteiger partial charge in [-0.2, -0.15) is 4.31 Å². The number of phenols is 1. The number of carbonyl (C=O) groups is 1. The number of rotatable bonds is 7. The minimum Gasteiger partial charge on any atom is -0.507 e. The summed E-state index contributed by atoms with van der Waals surface area (Å²) in [7, 11) is -3.85. The number of aliphatic hydroxyl groups excluding tert-OH is 1. The van der Waals surface area contributed by atoms with Crippen molar-refractivity contribution in [3.05, 3.63) is 23.8 Å². The Kier molecular flexibility index (Phi) is 5.49. The van der Waals surface area contributed by atoms with Crippen molar-refractivity contribution in [3.8, 4) is 5.75 Å². The topological polar surface area (TPSA) is 115 Å². The number of benzene rings is 1. The molecule has 112 valence electrons. The molecule has 0 bridgehead atoms. The SMILES string of the molecule is CCN(CCCO)S(=O)(=O)c1ccc(O)c(C(=O)O)c1. The first kappa shape index (κ1) is 16.4. The van der Waals surface area contributed by atoms with E-state index in [1.165, 1.54) is 0 Å². The average Bonchev–Trinajstić information content (AvgIpc) is 2.39. The summed E-state index contributed by atoms with van der Waals surface area (Å²) in [5.74, 6) is -1.90. The van der Waals surface area contributed by atoms with E-state index in [0.29, 0.717) is 0 Å². The van der Waals surface area contributed by atoms with Crippen molar-refractivity contribution in [1.29, 1.82) is 0 Å². The largest absolute Gasteiger partial charge is 0.507 e. The summed E-state index contributed by atoms with van der Waals surface area (Å²) in [5, 5.41) is 27.0. The lowest BCUT2D eigenvalue weighted by Gasteiger charge is -2.20. The van der Waals surface area contributed by atoms with Gasteiger partial charge < -0.3 is 15.3 Å². The first-order valence-electron chi connectivity index (χ1n) is 6.02. The zero-order valence-corrected chi connectivity index (χ0v) is 11.8. The van der Waals surface area contributed by atoms with Crippen LogP contribution in [0.25, 0.3) is 0 Å². The van der Waals surface area contributed by atoms with E-state index >= 15 is 0 Å². The molecule has 0 unspecified atom stereocenters. The van der Waals surface area contributed by atoms with Gasteiger partial charge in [-0.15, -0.1) is 0 Å². The summed E-state index contributed by atoms with van der Waals surface area (Å²) < 4.78 is 25.8. The van der Waals surface area contributed by atoms with Gasteiger partial charge in [-0.1, -0.05) is 6.92 Å². The Bertz CT molecular complexity index is 584. The molecule has 0 saturated heterocycles. The third-order valence-electron chi connectivity index (χ3n) is 2.75. The van der Waals surface area contributed by atoms with Crippen LogP contribution in [0.3, 0.4) is 0 Å². The Labute approximate surface area is 117 Å². The van der Waals surface area contributed by atoms with Crippen LogP contribution in [0.5, 0.6) is 5.75 Å². The second kappa shape index (κ2) is 6.69. The molecule has 0 aliphatic rings. The molecule has 3 N–H and O–H groups in total. The number of aliphatic hydroxyl groups is 1. The van der Waals surface area contributed by atoms with Crippen molar-refractivity contribution in [2.45, 2.75) is 18.2 Å². The monoisotopic (exact) mass is 303 g/mol. The lowest BCUT2D eigenvalue weighted by molar-refractivity contribution is 0.0693. The Hall–Kier alpha value is -1.64. The maximum absolute atomic E-state index is 12.3. The molecule has 8 heteroatoms. The molecule has 20 heavy (non-hydrogen) atoms. The van der Waals surface area contributed by atoms with E-state index in [1.54, 1.807) is 6.92 Å². The van der Waals surface area contributed by atoms with Gasteiger partial charge in [-0.3, -0.25) is 0 Å². The highest BCUT2D eigenvalue weighted by Crippen LogP contribution is 2.23. The van der Waals surface area contributed by atoms with Crippen LogP contribution in [-0.2, 0) is 10.0 Å². The van der Waals surface area contributed by atoms with Crippen LogP contribution in [0, 0.1) is 0 Å². The summed E-state index contributed by atoms with van der Waals surface area (Å²) in [6.07, 6.45) is 0.289. The van der Waals surface area contributed by atoms with Crippen LogP contribution in [0.4, 0.5) is 0 Å². The van der Waals surface area contributed by atoms with Gasteiger partial charge in [-0.05, 0) is 24.6 Å². The number of hydrogen-bond donors (Lipinski definition) is 3. The zero-order chi connectivity index (χ0) is 15.3. The molecule has 0 amide bonds. The zero-order valence-electron chi connectivity index (χ0n) is 11.0. The first-order valence-corrected chi connectivity index (χ1v) is 7.46. The van der Waals surface area contributed by atoms with Crippen molar-refractivity contribution in [2.24, 2.45) is 0 Å². The van der Waals surface area contributed by atoms with Crippen LogP contribution in [0.2, 0.25) is 0 Å². The summed E-state index contributed by atoms with van der Waals surface area (Å²) in [6.45, 7) is 1.85. The van der Waals surface area contributed by atoms with Gasteiger partial charge in [0.15, 0.2) is 0 Å². The highest BCUT2D eigenvalue weighted by molar-refractivity contribution is 7.89. The van der Waals surface area contributed by atoms with E-state index in [-0.39, 0.29) is 31.0 Å². The fraction of sp³-hybridized carbons (Fsp3) is 0.417. The number of nitrogens with zero attached hydrogens (tertiary/aromatic N) is 1. The second-order valence-corrected chi connectivity index (χ2v) is 6.00. The summed E-state index contributed by atoms with van der Waals surface area (Å²) in [5.41, 5.74) is -0.468. The predicted octanol–water partition coefficient (Wildman–Crippen LogP) is 0.483. The number of hydrogen-bond acceptors (Lipinski definition) is 5. The van der Waals surface area contributed by atoms with E-state index < -0.39 is 27.3 Å². The van der Waals surface area contributed by atoms with E-state index in [9.17, 15) is 18.3 Å². The third kappa shape index (κ3) is 3.47. The molecule has 1 rings (SSSR count). The number of aromatic hydroxyl groups is 1. The van der Waals surface area contributed by atoms with E-state index in [2.05, 4.69) is 0 Å². The molecule has 0 aromatic heterocycles. The maximum atomic E-state index is 12.3. The van der Waals surface area contributed by atoms with E-state index in [0.717, 1.165) is 22.5 Å². The van der Waals surface area contributed by atoms with Gasteiger partial charge in [0.2, 0.25) is 10.0 Å². The average molecular weight is 303 g/mol. The van der Waals surface area contributed by atoms with Crippen molar-refractivity contribution >= 4 is 16.0 Å². The maximum Gasteiger partial charge on any atom is 0.339 e. The molecule has 0 fully saturated rings. The van der Waals surface area contributed by atoms with Crippen LogP contribution >= 0.6 is 0 Å². The molecule has 7 nitrogen and oxygen atoms in total. The quantitative estimate of drug-likeness (QED) is 0.675. The van der Waals surface area contributed by atoms with Crippen LogP contribution in [0.1, 0.15) is 23.7 Å². The fourth-order valence-electron chi connectivity index (χ4n) is 1.69. The molecule has 1 aromatic rings. The van der Waals surface area contributed by atoms with Crippen LogP contribution < -0.4 is 0 Å². The van der Waals surface area contributed by atoms with Gasteiger partial charge in [0.25, 0.3) is 0 Å². The van der Waals surface area contributed by atoms with Crippen LogP contribution in [0.15, 0.2) is 23.1 Å². The second-order valence-electron chi connectivity index (χ2n) is 4.06. The predicted molar refractivity (Wildman–Crippen MR) is 71.2 cm³/mol. The fourth-order valence-corrected chi connectivity index (χ4v) is 3.21. The Morgan fingerprint density at radius 3 is 2.50 bits per heavy atom. The van der Waals surface area contributed by atoms with Crippen molar-refractivity contribution in [2.75, 3.05) is 19.7 Å². The molecule has 0 radical (unpaired) electrons. The molecule has 0 saturated carbocycles. The standard InChI is InChI=1S/C12H17NO6S/c1-2-13(6-3-7-14)20(18,19)9-4-5-11(15)10(8-9)12(16)17/h4-5,8,14-15H,2-3,6-7H2,1H3,(H,16,17). The normalized spacial score (nSPS) is 11.8. The van der Waals surface area contributed by atoms with Gasteiger partial charge >= 0.3 is 5.97 Å². The Morgan fingerprint density at radius 2 is 2.00 bits per heavy atom. The minimum atomic E-state index is -3.85. The molecule has 0 atom stereocenters. The molecule has 1 aromatic carbocycles. The van der Waals surface area contributed by atoms with Crippen molar-refractivity contribution in [3.63, 3.8) is 0 Å². The van der Waals surface area contributed by atoms with Gasteiger partial charge in [0, 0.05) is 19.7 Å².